The van der Waals surface area contributed by atoms with E-state index < -0.39 is 0 Å². The van der Waals surface area contributed by atoms with Gasteiger partial charge < -0.3 is 4.74 Å². The first-order valence-electron chi connectivity index (χ1n) is 4.16. The van der Waals surface area contributed by atoms with Crippen LogP contribution in [0.25, 0.3) is 11.0 Å². The standard InChI is InChI=1S/C10H9N3O/c1-3-6-13-10-5-4-8(14-2)7-9(10)11-12-13/h1,4-5,7H,6H2,2H3. The zero-order valence-corrected chi connectivity index (χ0v) is 7.77. The summed E-state index contributed by atoms with van der Waals surface area (Å²) in [7, 11) is 1.62. The SMILES string of the molecule is C#CCn1nnc2cc(OC)ccc21. The number of fused-ring (bicyclic) bond motifs is 1. The van der Waals surface area contributed by atoms with Crippen molar-refractivity contribution in [3.05, 3.63) is 18.2 Å². The van der Waals surface area contributed by atoms with Gasteiger partial charge in [0.05, 0.1) is 12.6 Å². The van der Waals surface area contributed by atoms with E-state index in [4.69, 9.17) is 11.2 Å². The minimum Gasteiger partial charge on any atom is -0.497 e. The van der Waals surface area contributed by atoms with Gasteiger partial charge in [-0.15, -0.1) is 11.5 Å². The molecule has 0 saturated carbocycles. The Morgan fingerprint density at radius 3 is 3.14 bits per heavy atom. The van der Waals surface area contributed by atoms with Crippen molar-refractivity contribution in [2.45, 2.75) is 6.54 Å². The van der Waals surface area contributed by atoms with Gasteiger partial charge in [-0.3, -0.25) is 0 Å². The van der Waals surface area contributed by atoms with E-state index in [2.05, 4.69) is 16.2 Å². The molecule has 1 aromatic carbocycles. The molecule has 0 aliphatic rings. The van der Waals surface area contributed by atoms with Crippen molar-refractivity contribution < 1.29 is 4.74 Å². The number of rotatable bonds is 2. The lowest BCUT2D eigenvalue weighted by molar-refractivity contribution is 0.415. The van der Waals surface area contributed by atoms with E-state index in [1.54, 1.807) is 11.8 Å². The van der Waals surface area contributed by atoms with Crippen LogP contribution in [0.1, 0.15) is 0 Å². The van der Waals surface area contributed by atoms with E-state index >= 15 is 0 Å². The maximum absolute atomic E-state index is 5.20. The molecular weight excluding hydrogens is 178 g/mol. The van der Waals surface area contributed by atoms with Gasteiger partial charge in [-0.25, -0.2) is 4.68 Å². The molecule has 0 radical (unpaired) electrons. The van der Waals surface area contributed by atoms with Crippen LogP contribution in [0.15, 0.2) is 18.2 Å². The molecule has 0 aliphatic heterocycles. The van der Waals surface area contributed by atoms with Crippen molar-refractivity contribution >= 4 is 11.0 Å². The van der Waals surface area contributed by atoms with Crippen molar-refractivity contribution in [3.8, 4) is 18.1 Å². The smallest absolute Gasteiger partial charge is 0.121 e. The van der Waals surface area contributed by atoms with Crippen molar-refractivity contribution in [1.82, 2.24) is 15.0 Å². The molecule has 2 aromatic rings. The molecule has 0 atom stereocenters. The largest absolute Gasteiger partial charge is 0.497 e. The Kier molecular flexibility index (Phi) is 2.07. The van der Waals surface area contributed by atoms with Crippen molar-refractivity contribution in [2.24, 2.45) is 0 Å². The second kappa shape index (κ2) is 3.38. The Morgan fingerprint density at radius 2 is 2.43 bits per heavy atom. The maximum atomic E-state index is 5.20. The van der Waals surface area contributed by atoms with Gasteiger partial charge in [-0.2, -0.15) is 0 Å². The molecule has 1 heterocycles. The van der Waals surface area contributed by atoms with Gasteiger partial charge in [-0.1, -0.05) is 11.1 Å². The predicted molar refractivity (Wildman–Crippen MR) is 52.9 cm³/mol. The third kappa shape index (κ3) is 1.29. The summed E-state index contributed by atoms with van der Waals surface area (Å²) in [5.41, 5.74) is 1.71. The average molecular weight is 187 g/mol. The summed E-state index contributed by atoms with van der Waals surface area (Å²) in [4.78, 5) is 0. The first kappa shape index (κ1) is 8.57. The zero-order chi connectivity index (χ0) is 9.97. The fourth-order valence-corrected chi connectivity index (χ4v) is 1.28. The van der Waals surface area contributed by atoms with E-state index in [0.29, 0.717) is 6.54 Å². The van der Waals surface area contributed by atoms with Gasteiger partial charge in [-0.05, 0) is 12.1 Å². The highest BCUT2D eigenvalue weighted by atomic mass is 16.5. The highest BCUT2D eigenvalue weighted by Gasteiger charge is 2.03. The van der Waals surface area contributed by atoms with Crippen molar-refractivity contribution in [1.29, 1.82) is 0 Å². The number of methoxy groups -OCH3 is 1. The highest BCUT2D eigenvalue weighted by Crippen LogP contribution is 2.17. The molecular formula is C10H9N3O. The van der Waals surface area contributed by atoms with Crippen LogP contribution < -0.4 is 4.74 Å². The Morgan fingerprint density at radius 1 is 1.57 bits per heavy atom. The van der Waals surface area contributed by atoms with Crippen molar-refractivity contribution in [2.75, 3.05) is 7.11 Å². The summed E-state index contributed by atoms with van der Waals surface area (Å²) in [5.74, 6) is 3.29. The molecule has 4 nitrogen and oxygen atoms in total. The minimum absolute atomic E-state index is 0.433. The summed E-state index contributed by atoms with van der Waals surface area (Å²) >= 11 is 0. The Balaban J connectivity index is 2.55. The molecule has 0 bridgehead atoms. The van der Waals surface area contributed by atoms with Gasteiger partial charge in [0.2, 0.25) is 0 Å². The molecule has 0 N–H and O–H groups in total. The first-order chi connectivity index (χ1) is 6.85. The number of hydrogen-bond donors (Lipinski definition) is 0. The molecule has 0 aliphatic carbocycles. The van der Waals surface area contributed by atoms with E-state index in [-0.39, 0.29) is 0 Å². The lowest BCUT2D eigenvalue weighted by Crippen LogP contribution is -1.97. The second-order valence-electron chi connectivity index (χ2n) is 2.81. The molecule has 70 valence electrons. The zero-order valence-electron chi connectivity index (χ0n) is 7.77. The molecule has 0 saturated heterocycles. The van der Waals surface area contributed by atoms with Crippen LogP contribution in [-0.2, 0) is 6.54 Å². The van der Waals surface area contributed by atoms with E-state index in [1.165, 1.54) is 0 Å². The van der Waals surface area contributed by atoms with Crippen LogP contribution in [0.3, 0.4) is 0 Å². The highest BCUT2D eigenvalue weighted by molar-refractivity contribution is 5.76. The summed E-state index contributed by atoms with van der Waals surface area (Å²) in [6.07, 6.45) is 5.20. The van der Waals surface area contributed by atoms with Gasteiger partial charge >= 0.3 is 0 Å². The summed E-state index contributed by atoms with van der Waals surface area (Å²) in [5, 5.41) is 7.91. The van der Waals surface area contributed by atoms with Gasteiger partial charge in [0.25, 0.3) is 0 Å². The Hall–Kier alpha value is -2.02. The van der Waals surface area contributed by atoms with Gasteiger partial charge in [0.1, 0.15) is 17.8 Å². The third-order valence-electron chi connectivity index (χ3n) is 1.96. The molecule has 4 heteroatoms. The van der Waals surface area contributed by atoms with Crippen LogP contribution in [0, 0.1) is 12.3 Å². The number of aromatic nitrogens is 3. The first-order valence-corrected chi connectivity index (χ1v) is 4.16. The Bertz CT molecular complexity index is 496. The summed E-state index contributed by atoms with van der Waals surface area (Å²) < 4.78 is 6.75. The number of nitrogens with zero attached hydrogens (tertiary/aromatic N) is 3. The van der Waals surface area contributed by atoms with E-state index in [0.717, 1.165) is 16.8 Å². The molecule has 2 rings (SSSR count). The lowest BCUT2D eigenvalue weighted by atomic mass is 10.3. The Labute approximate surface area is 81.5 Å². The van der Waals surface area contributed by atoms with Crippen molar-refractivity contribution in [3.63, 3.8) is 0 Å². The minimum atomic E-state index is 0.433. The fourth-order valence-electron chi connectivity index (χ4n) is 1.28. The quantitative estimate of drug-likeness (QED) is 0.660. The van der Waals surface area contributed by atoms with Crippen LogP contribution in [-0.4, -0.2) is 22.1 Å². The van der Waals surface area contributed by atoms with E-state index in [9.17, 15) is 0 Å². The topological polar surface area (TPSA) is 39.9 Å². The molecule has 0 spiro atoms. The summed E-state index contributed by atoms with van der Waals surface area (Å²) in [6.45, 7) is 0.433. The monoisotopic (exact) mass is 187 g/mol. The molecule has 0 unspecified atom stereocenters. The number of benzene rings is 1. The lowest BCUT2D eigenvalue weighted by Gasteiger charge is -1.98. The van der Waals surface area contributed by atoms with Gasteiger partial charge in [0.15, 0.2) is 0 Å². The van der Waals surface area contributed by atoms with Gasteiger partial charge in [0, 0.05) is 6.07 Å². The fraction of sp³-hybridized carbons (Fsp3) is 0.200. The predicted octanol–water partition coefficient (Wildman–Crippen LogP) is 1.07. The normalized spacial score (nSPS) is 10.0. The van der Waals surface area contributed by atoms with E-state index in [1.807, 2.05) is 18.2 Å². The number of hydrogen-bond acceptors (Lipinski definition) is 3. The molecule has 0 fully saturated rings. The molecule has 1 aromatic heterocycles. The molecule has 0 amide bonds. The number of terminal acetylenes is 1. The van der Waals surface area contributed by atoms with Crippen LogP contribution in [0.5, 0.6) is 5.75 Å². The second-order valence-corrected chi connectivity index (χ2v) is 2.81. The number of ether oxygens (including phenoxy) is 1. The third-order valence-corrected chi connectivity index (χ3v) is 1.96. The maximum Gasteiger partial charge on any atom is 0.121 e. The molecule has 14 heavy (non-hydrogen) atoms. The summed E-state index contributed by atoms with van der Waals surface area (Å²) in [6, 6.07) is 5.58. The van der Waals surface area contributed by atoms with Crippen LogP contribution in [0.4, 0.5) is 0 Å². The van der Waals surface area contributed by atoms with Crippen LogP contribution in [0.2, 0.25) is 0 Å². The van der Waals surface area contributed by atoms with Crippen LogP contribution >= 0.6 is 0 Å². The average Bonchev–Trinajstić information content (AvgIpc) is 2.61.